The lowest BCUT2D eigenvalue weighted by atomic mass is 10.1. The minimum Gasteiger partial charge on any atom is -0.423 e. The lowest BCUT2D eigenvalue weighted by Gasteiger charge is -1.99. The Labute approximate surface area is 80.8 Å². The number of aryl methyl sites for hydroxylation is 1. The molecule has 68 valence electrons. The first-order valence-corrected chi connectivity index (χ1v) is 4.08. The molecule has 0 N–H and O–H groups in total. The smallest absolute Gasteiger partial charge is 0.247 e. The predicted molar refractivity (Wildman–Crippen MR) is 49.2 cm³/mol. The second-order valence-corrected chi connectivity index (χ2v) is 2.89. The third-order valence-corrected chi connectivity index (χ3v) is 1.96. The van der Waals surface area contributed by atoms with Crippen molar-refractivity contribution in [3.8, 4) is 17.5 Å². The van der Waals surface area contributed by atoms with Crippen LogP contribution in [-0.2, 0) is 0 Å². The minimum atomic E-state index is 0.444. The quantitative estimate of drug-likeness (QED) is 0.680. The van der Waals surface area contributed by atoms with Crippen LogP contribution in [0.4, 0.5) is 0 Å². The summed E-state index contributed by atoms with van der Waals surface area (Å²) < 4.78 is 5.07. The molecule has 2 aromatic rings. The lowest BCUT2D eigenvalue weighted by molar-refractivity contribution is 0.568. The molecule has 4 heteroatoms. The topological polar surface area (TPSA) is 62.7 Å². The largest absolute Gasteiger partial charge is 0.423 e. The van der Waals surface area contributed by atoms with Crippen LogP contribution in [0.3, 0.4) is 0 Å². The molecule has 1 heterocycles. The summed E-state index contributed by atoms with van der Waals surface area (Å²) in [5.41, 5.74) is 2.40. The molecule has 0 aliphatic rings. The Bertz CT molecular complexity index is 483. The summed E-state index contributed by atoms with van der Waals surface area (Å²) in [6.07, 6.45) is 1.27. The number of rotatable bonds is 1. The third-order valence-electron chi connectivity index (χ3n) is 1.96. The lowest BCUT2D eigenvalue weighted by Crippen LogP contribution is -1.85. The highest BCUT2D eigenvalue weighted by atomic mass is 16.4. The van der Waals surface area contributed by atoms with Crippen molar-refractivity contribution in [1.29, 1.82) is 5.26 Å². The molecule has 0 radical (unpaired) electrons. The van der Waals surface area contributed by atoms with Gasteiger partial charge in [-0.15, -0.1) is 10.2 Å². The SMILES string of the molecule is Cc1ccc(C#N)cc1-c1nnco1. The van der Waals surface area contributed by atoms with Crippen LogP contribution in [0.25, 0.3) is 11.5 Å². The van der Waals surface area contributed by atoms with Gasteiger partial charge < -0.3 is 4.42 Å². The minimum absolute atomic E-state index is 0.444. The van der Waals surface area contributed by atoms with Crippen molar-refractivity contribution in [3.05, 3.63) is 35.7 Å². The summed E-state index contributed by atoms with van der Waals surface area (Å²) in [6.45, 7) is 1.93. The van der Waals surface area contributed by atoms with E-state index in [1.165, 1.54) is 6.39 Å². The Morgan fingerprint density at radius 3 is 2.93 bits per heavy atom. The molecule has 0 saturated heterocycles. The first-order valence-electron chi connectivity index (χ1n) is 4.08. The van der Waals surface area contributed by atoms with Gasteiger partial charge in [-0.25, -0.2) is 0 Å². The van der Waals surface area contributed by atoms with E-state index >= 15 is 0 Å². The van der Waals surface area contributed by atoms with Gasteiger partial charge in [-0.3, -0.25) is 0 Å². The Morgan fingerprint density at radius 2 is 2.29 bits per heavy atom. The summed E-state index contributed by atoms with van der Waals surface area (Å²) in [5, 5.41) is 16.1. The van der Waals surface area contributed by atoms with Crippen molar-refractivity contribution in [2.45, 2.75) is 6.92 Å². The number of nitrogens with zero attached hydrogens (tertiary/aromatic N) is 3. The Hall–Kier alpha value is -2.15. The molecular weight excluding hydrogens is 178 g/mol. The van der Waals surface area contributed by atoms with E-state index in [9.17, 15) is 0 Å². The van der Waals surface area contributed by atoms with Crippen molar-refractivity contribution in [3.63, 3.8) is 0 Å². The molecule has 2 rings (SSSR count). The zero-order valence-corrected chi connectivity index (χ0v) is 7.56. The maximum absolute atomic E-state index is 8.73. The van der Waals surface area contributed by atoms with Gasteiger partial charge in [0.1, 0.15) is 0 Å². The predicted octanol–water partition coefficient (Wildman–Crippen LogP) is 1.92. The maximum Gasteiger partial charge on any atom is 0.247 e. The second-order valence-electron chi connectivity index (χ2n) is 2.89. The van der Waals surface area contributed by atoms with Gasteiger partial charge >= 0.3 is 0 Å². The van der Waals surface area contributed by atoms with E-state index in [4.69, 9.17) is 9.68 Å². The summed E-state index contributed by atoms with van der Waals surface area (Å²) in [5.74, 6) is 0.444. The maximum atomic E-state index is 8.73. The van der Waals surface area contributed by atoms with Crippen LogP contribution >= 0.6 is 0 Å². The van der Waals surface area contributed by atoms with Crippen LogP contribution in [0.5, 0.6) is 0 Å². The average molecular weight is 185 g/mol. The molecule has 1 aromatic carbocycles. The Morgan fingerprint density at radius 1 is 1.43 bits per heavy atom. The molecule has 1 aromatic heterocycles. The molecule has 0 spiro atoms. The molecule has 0 bridgehead atoms. The fourth-order valence-corrected chi connectivity index (χ4v) is 1.21. The van der Waals surface area contributed by atoms with Crippen molar-refractivity contribution < 1.29 is 4.42 Å². The van der Waals surface area contributed by atoms with Crippen molar-refractivity contribution >= 4 is 0 Å². The number of hydrogen-bond acceptors (Lipinski definition) is 4. The zero-order valence-electron chi connectivity index (χ0n) is 7.56. The van der Waals surface area contributed by atoms with Gasteiger partial charge in [0.05, 0.1) is 11.6 Å². The summed E-state index contributed by atoms with van der Waals surface area (Å²) in [4.78, 5) is 0. The van der Waals surface area contributed by atoms with E-state index in [1.54, 1.807) is 12.1 Å². The summed E-state index contributed by atoms with van der Waals surface area (Å²) >= 11 is 0. The van der Waals surface area contributed by atoms with Crippen LogP contribution in [0, 0.1) is 18.3 Å². The molecule has 0 amide bonds. The third kappa shape index (κ3) is 1.36. The van der Waals surface area contributed by atoms with Crippen LogP contribution in [0.2, 0.25) is 0 Å². The van der Waals surface area contributed by atoms with Gasteiger partial charge in [-0.05, 0) is 24.6 Å². The first kappa shape index (κ1) is 8.45. The first-order chi connectivity index (χ1) is 6.81. The van der Waals surface area contributed by atoms with Gasteiger partial charge in [0, 0.05) is 5.56 Å². The van der Waals surface area contributed by atoms with Gasteiger partial charge in [0.2, 0.25) is 12.3 Å². The van der Waals surface area contributed by atoms with Crippen molar-refractivity contribution in [1.82, 2.24) is 10.2 Å². The van der Waals surface area contributed by atoms with Crippen molar-refractivity contribution in [2.75, 3.05) is 0 Å². The zero-order chi connectivity index (χ0) is 9.97. The van der Waals surface area contributed by atoms with E-state index in [1.807, 2.05) is 13.0 Å². The molecule has 0 unspecified atom stereocenters. The van der Waals surface area contributed by atoms with E-state index in [0.29, 0.717) is 11.5 Å². The molecule has 14 heavy (non-hydrogen) atoms. The van der Waals surface area contributed by atoms with Crippen LogP contribution in [0.15, 0.2) is 29.0 Å². The highest BCUT2D eigenvalue weighted by Crippen LogP contribution is 2.21. The summed E-state index contributed by atoms with van der Waals surface area (Å²) in [7, 11) is 0. The van der Waals surface area contributed by atoms with E-state index in [0.717, 1.165) is 11.1 Å². The van der Waals surface area contributed by atoms with Crippen LogP contribution in [-0.4, -0.2) is 10.2 Å². The van der Waals surface area contributed by atoms with Gasteiger partial charge in [0.15, 0.2) is 0 Å². The average Bonchev–Trinajstić information content (AvgIpc) is 2.71. The highest BCUT2D eigenvalue weighted by Gasteiger charge is 2.07. The molecule has 0 aliphatic heterocycles. The normalized spacial score (nSPS) is 9.71. The number of benzene rings is 1. The number of hydrogen-bond donors (Lipinski definition) is 0. The molecule has 0 atom stereocenters. The van der Waals surface area contributed by atoms with Crippen molar-refractivity contribution in [2.24, 2.45) is 0 Å². The van der Waals surface area contributed by atoms with Crippen LogP contribution in [0.1, 0.15) is 11.1 Å². The van der Waals surface area contributed by atoms with Gasteiger partial charge in [0.25, 0.3) is 0 Å². The Kier molecular flexibility index (Phi) is 1.99. The second kappa shape index (κ2) is 3.30. The molecule has 0 aliphatic carbocycles. The summed E-state index contributed by atoms with van der Waals surface area (Å²) in [6, 6.07) is 7.42. The van der Waals surface area contributed by atoms with E-state index in [2.05, 4.69) is 16.3 Å². The molecule has 4 nitrogen and oxygen atoms in total. The molecule has 0 fully saturated rings. The van der Waals surface area contributed by atoms with Crippen LogP contribution < -0.4 is 0 Å². The fraction of sp³-hybridized carbons (Fsp3) is 0.100. The monoisotopic (exact) mass is 185 g/mol. The van der Waals surface area contributed by atoms with E-state index in [-0.39, 0.29) is 0 Å². The molecule has 0 saturated carbocycles. The fourth-order valence-electron chi connectivity index (χ4n) is 1.21. The highest BCUT2D eigenvalue weighted by molar-refractivity contribution is 5.60. The number of aromatic nitrogens is 2. The standard InChI is InChI=1S/C10H7N3O/c1-7-2-3-8(5-11)4-9(7)10-13-12-6-14-10/h2-4,6H,1H3. The number of nitriles is 1. The van der Waals surface area contributed by atoms with Gasteiger partial charge in [-0.2, -0.15) is 5.26 Å². The Balaban J connectivity index is 2.58. The molecular formula is C10H7N3O. The van der Waals surface area contributed by atoms with E-state index < -0.39 is 0 Å². The van der Waals surface area contributed by atoms with Gasteiger partial charge in [-0.1, -0.05) is 6.07 Å².